The van der Waals surface area contributed by atoms with Crippen LogP contribution in [0, 0.1) is 6.92 Å². The largest absolute Gasteiger partial charge is 0.497 e. The Morgan fingerprint density at radius 2 is 1.97 bits per heavy atom. The summed E-state index contributed by atoms with van der Waals surface area (Å²) in [6.07, 6.45) is 1.29. The molecule has 0 atom stereocenters. The second-order valence-electron chi connectivity index (χ2n) is 7.99. The van der Waals surface area contributed by atoms with Crippen LogP contribution in [0.3, 0.4) is 0 Å². The first-order chi connectivity index (χ1) is 14.9. The second kappa shape index (κ2) is 8.30. The Hall–Kier alpha value is -2.93. The molecule has 2 N–H and O–H groups in total. The maximum Gasteiger partial charge on any atom is 0.321 e. The van der Waals surface area contributed by atoms with Crippen molar-refractivity contribution >= 4 is 34.9 Å². The lowest BCUT2D eigenvalue weighted by Crippen LogP contribution is -2.68. The zero-order valence-electron chi connectivity index (χ0n) is 18.0. The van der Waals surface area contributed by atoms with Gasteiger partial charge in [-0.2, -0.15) is 0 Å². The van der Waals surface area contributed by atoms with Gasteiger partial charge in [-0.3, -0.25) is 4.79 Å². The number of anilines is 2. The number of likely N-dealkylation sites (tertiary alicyclic amines) is 1. The highest BCUT2D eigenvalue weighted by Crippen LogP contribution is 2.38. The van der Waals surface area contributed by atoms with Crippen LogP contribution in [0.15, 0.2) is 36.4 Å². The molecule has 0 aromatic heterocycles. The molecule has 2 aromatic rings. The van der Waals surface area contributed by atoms with Crippen molar-refractivity contribution in [2.75, 3.05) is 37.0 Å². The fourth-order valence-electron chi connectivity index (χ4n) is 4.55. The Labute approximate surface area is 187 Å². The predicted octanol–water partition coefficient (Wildman–Crippen LogP) is 4.25. The van der Waals surface area contributed by atoms with Crippen LogP contribution in [0.5, 0.6) is 5.75 Å². The van der Waals surface area contributed by atoms with Crippen LogP contribution in [-0.2, 0) is 0 Å². The van der Waals surface area contributed by atoms with Gasteiger partial charge in [0.2, 0.25) is 0 Å². The number of carbonyl (C=O) groups is 2. The highest BCUT2D eigenvalue weighted by molar-refractivity contribution is 6.31. The number of ether oxygens (including phenoxy) is 1. The first-order valence-electron chi connectivity index (χ1n) is 10.5. The average molecular weight is 443 g/mol. The van der Waals surface area contributed by atoms with Crippen LogP contribution in [0.4, 0.5) is 16.2 Å². The molecule has 3 amide bonds. The van der Waals surface area contributed by atoms with Gasteiger partial charge < -0.3 is 25.2 Å². The van der Waals surface area contributed by atoms with Crippen molar-refractivity contribution in [3.05, 3.63) is 52.5 Å². The third kappa shape index (κ3) is 3.90. The van der Waals surface area contributed by atoms with Crippen molar-refractivity contribution in [1.29, 1.82) is 0 Å². The van der Waals surface area contributed by atoms with Crippen molar-refractivity contribution in [1.82, 2.24) is 10.2 Å². The number of carbonyl (C=O) groups excluding carboxylic acids is 2. The van der Waals surface area contributed by atoms with Gasteiger partial charge in [0.15, 0.2) is 0 Å². The molecule has 0 bridgehead atoms. The summed E-state index contributed by atoms with van der Waals surface area (Å²) in [4.78, 5) is 29.7. The number of nitrogens with one attached hydrogen (secondary N) is 2. The van der Waals surface area contributed by atoms with Gasteiger partial charge in [0.25, 0.3) is 5.91 Å². The van der Waals surface area contributed by atoms with Crippen LogP contribution in [-0.4, -0.2) is 49.2 Å². The van der Waals surface area contributed by atoms with E-state index in [-0.39, 0.29) is 11.9 Å². The van der Waals surface area contributed by atoms with E-state index < -0.39 is 5.66 Å². The lowest BCUT2D eigenvalue weighted by molar-refractivity contribution is 0.0808. The summed E-state index contributed by atoms with van der Waals surface area (Å²) in [5, 5.41) is 6.74. The maximum atomic E-state index is 12.9. The van der Waals surface area contributed by atoms with Gasteiger partial charge in [-0.25, -0.2) is 4.79 Å². The van der Waals surface area contributed by atoms with E-state index >= 15 is 0 Å². The van der Waals surface area contributed by atoms with Crippen molar-refractivity contribution in [3.63, 3.8) is 0 Å². The molecule has 31 heavy (non-hydrogen) atoms. The summed E-state index contributed by atoms with van der Waals surface area (Å²) in [7, 11) is 1.62. The Morgan fingerprint density at radius 3 is 2.61 bits per heavy atom. The lowest BCUT2D eigenvalue weighted by atomic mass is 9.90. The number of hydrogen-bond donors (Lipinski definition) is 2. The summed E-state index contributed by atoms with van der Waals surface area (Å²) in [6, 6.07) is 10.9. The van der Waals surface area contributed by atoms with E-state index in [1.165, 1.54) is 0 Å². The summed E-state index contributed by atoms with van der Waals surface area (Å²) < 4.78 is 5.23. The number of benzene rings is 2. The minimum atomic E-state index is -0.501. The average Bonchev–Trinajstić information content (AvgIpc) is 2.76. The van der Waals surface area contributed by atoms with Crippen LogP contribution in [0.25, 0.3) is 0 Å². The molecule has 4 rings (SSSR count). The third-order valence-electron chi connectivity index (χ3n) is 6.23. The first-order valence-corrected chi connectivity index (χ1v) is 10.8. The Bertz CT molecular complexity index is 1020. The molecule has 164 valence electrons. The Balaban J connectivity index is 1.48. The van der Waals surface area contributed by atoms with E-state index in [2.05, 4.69) is 22.5 Å². The molecule has 1 saturated heterocycles. The van der Waals surface area contributed by atoms with Gasteiger partial charge in [-0.1, -0.05) is 11.6 Å². The highest BCUT2D eigenvalue weighted by atomic mass is 35.5. The fraction of sp³-hybridized carbons (Fsp3) is 0.391. The molecule has 7 nitrogen and oxygen atoms in total. The van der Waals surface area contributed by atoms with Crippen molar-refractivity contribution in [2.45, 2.75) is 32.4 Å². The predicted molar refractivity (Wildman–Crippen MR) is 122 cm³/mol. The number of halogens is 1. The SMILES string of the molecule is CCN1c2ccc(Cl)cc2C(=O)NC12CCN(C(=O)Nc1ccc(OC)cc1C)CC2. The van der Waals surface area contributed by atoms with Gasteiger partial charge in [0, 0.05) is 43.2 Å². The van der Waals surface area contributed by atoms with E-state index in [0.717, 1.165) is 29.2 Å². The number of aryl methyl sites for hydroxylation is 1. The highest BCUT2D eigenvalue weighted by Gasteiger charge is 2.45. The monoisotopic (exact) mass is 442 g/mol. The summed E-state index contributed by atoms with van der Waals surface area (Å²) in [5.41, 5.74) is 2.68. The normalized spacial score (nSPS) is 17.2. The third-order valence-corrected chi connectivity index (χ3v) is 6.46. The molecule has 0 unspecified atom stereocenters. The molecule has 0 radical (unpaired) electrons. The number of fused-ring (bicyclic) bond motifs is 1. The zero-order chi connectivity index (χ0) is 22.2. The quantitative estimate of drug-likeness (QED) is 0.745. The maximum absolute atomic E-state index is 12.9. The van der Waals surface area contributed by atoms with Crippen molar-refractivity contribution < 1.29 is 14.3 Å². The molecular weight excluding hydrogens is 416 g/mol. The minimum absolute atomic E-state index is 0.117. The number of piperidine rings is 1. The number of hydrogen-bond acceptors (Lipinski definition) is 4. The Morgan fingerprint density at radius 1 is 1.23 bits per heavy atom. The number of urea groups is 1. The Kier molecular flexibility index (Phi) is 5.71. The molecule has 0 aliphatic carbocycles. The van der Waals surface area contributed by atoms with E-state index in [4.69, 9.17) is 16.3 Å². The lowest BCUT2D eigenvalue weighted by Gasteiger charge is -2.52. The molecule has 2 aromatic carbocycles. The number of nitrogens with zero attached hydrogens (tertiary/aromatic N) is 2. The van der Waals surface area contributed by atoms with Crippen LogP contribution in [0.1, 0.15) is 35.7 Å². The summed E-state index contributed by atoms with van der Waals surface area (Å²) in [5.74, 6) is 0.638. The van der Waals surface area contributed by atoms with Crippen LogP contribution in [0.2, 0.25) is 5.02 Å². The number of rotatable bonds is 3. The van der Waals surface area contributed by atoms with Crippen LogP contribution >= 0.6 is 11.6 Å². The van der Waals surface area contributed by atoms with Crippen LogP contribution < -0.4 is 20.3 Å². The van der Waals surface area contributed by atoms with E-state index in [9.17, 15) is 9.59 Å². The van der Waals surface area contributed by atoms with Crippen molar-refractivity contribution in [2.24, 2.45) is 0 Å². The standard InChI is InChI=1S/C23H27ClN4O3/c1-4-28-20-8-5-16(24)14-18(20)21(29)26-23(28)9-11-27(12-10-23)22(30)25-19-7-6-17(31-3)13-15(19)2/h5-8,13-14H,4,9-12H2,1-3H3,(H,25,30)(H,26,29). The molecule has 2 aliphatic heterocycles. The van der Waals surface area contributed by atoms with Gasteiger partial charge in [-0.05, 0) is 55.8 Å². The molecule has 1 spiro atoms. The van der Waals surface area contributed by atoms with Gasteiger partial charge in [0.05, 0.1) is 18.4 Å². The van der Waals surface area contributed by atoms with E-state index in [0.29, 0.717) is 36.5 Å². The second-order valence-corrected chi connectivity index (χ2v) is 8.43. The zero-order valence-corrected chi connectivity index (χ0v) is 18.8. The molecule has 2 aliphatic rings. The van der Waals surface area contributed by atoms with E-state index in [1.807, 2.05) is 37.3 Å². The van der Waals surface area contributed by atoms with Gasteiger partial charge in [-0.15, -0.1) is 0 Å². The first kappa shape index (κ1) is 21.3. The molecule has 8 heteroatoms. The number of methoxy groups -OCH3 is 1. The summed E-state index contributed by atoms with van der Waals surface area (Å²) in [6.45, 7) is 5.83. The molecular formula is C23H27ClN4O3. The molecule has 2 heterocycles. The van der Waals surface area contributed by atoms with Gasteiger partial charge in [0.1, 0.15) is 11.4 Å². The minimum Gasteiger partial charge on any atom is -0.497 e. The smallest absolute Gasteiger partial charge is 0.321 e. The van der Waals surface area contributed by atoms with Crippen molar-refractivity contribution in [3.8, 4) is 5.75 Å². The van der Waals surface area contributed by atoms with Gasteiger partial charge >= 0.3 is 6.03 Å². The molecule has 0 saturated carbocycles. The fourth-order valence-corrected chi connectivity index (χ4v) is 4.72. The summed E-state index contributed by atoms with van der Waals surface area (Å²) >= 11 is 6.10. The number of amides is 3. The molecule has 1 fully saturated rings. The topological polar surface area (TPSA) is 73.9 Å². The van der Waals surface area contributed by atoms with E-state index in [1.54, 1.807) is 18.1 Å².